The van der Waals surface area contributed by atoms with Gasteiger partial charge < -0.3 is 24.3 Å². The SMILES string of the molecule is Cc1ccc(C)c(OCCC(=O)OCC(=O)Nc2cc3c(cc2[N+](=O)[O-])OCCCO3)c1. The first-order chi connectivity index (χ1) is 15.3. The van der Waals surface area contributed by atoms with E-state index >= 15 is 0 Å². The number of carbonyl (C=O) groups is 2. The molecule has 0 atom stereocenters. The highest BCUT2D eigenvalue weighted by molar-refractivity contribution is 5.95. The quantitative estimate of drug-likeness (QED) is 0.373. The van der Waals surface area contributed by atoms with Gasteiger partial charge in [-0.05, 0) is 31.0 Å². The second kappa shape index (κ2) is 10.5. The minimum Gasteiger partial charge on any atom is -0.493 e. The first-order valence-corrected chi connectivity index (χ1v) is 10.1. The summed E-state index contributed by atoms with van der Waals surface area (Å²) in [4.78, 5) is 34.9. The number of hydrogen-bond donors (Lipinski definition) is 1. The van der Waals surface area contributed by atoms with Crippen molar-refractivity contribution in [1.29, 1.82) is 0 Å². The van der Waals surface area contributed by atoms with Gasteiger partial charge in [-0.1, -0.05) is 12.1 Å². The highest BCUT2D eigenvalue weighted by Crippen LogP contribution is 2.39. The van der Waals surface area contributed by atoms with Gasteiger partial charge in [-0.3, -0.25) is 19.7 Å². The van der Waals surface area contributed by atoms with Gasteiger partial charge >= 0.3 is 5.97 Å². The lowest BCUT2D eigenvalue weighted by Crippen LogP contribution is -2.22. The van der Waals surface area contributed by atoms with E-state index in [0.29, 0.717) is 31.1 Å². The number of amides is 1. The number of carbonyl (C=O) groups excluding carboxylic acids is 2. The molecule has 1 N–H and O–H groups in total. The van der Waals surface area contributed by atoms with Crippen LogP contribution >= 0.6 is 0 Å². The van der Waals surface area contributed by atoms with Crippen LogP contribution in [0.1, 0.15) is 24.0 Å². The first-order valence-electron chi connectivity index (χ1n) is 10.1. The Morgan fingerprint density at radius 3 is 2.56 bits per heavy atom. The number of aryl methyl sites for hydroxylation is 2. The lowest BCUT2D eigenvalue weighted by molar-refractivity contribution is -0.384. The zero-order valence-corrected chi connectivity index (χ0v) is 17.8. The van der Waals surface area contributed by atoms with Crippen molar-refractivity contribution in [3.63, 3.8) is 0 Å². The molecule has 0 bridgehead atoms. The van der Waals surface area contributed by atoms with Gasteiger partial charge in [0.1, 0.15) is 11.4 Å². The molecule has 0 saturated carbocycles. The summed E-state index contributed by atoms with van der Waals surface area (Å²) in [5, 5.41) is 13.8. The molecule has 0 fully saturated rings. The number of nitrogens with zero attached hydrogens (tertiary/aromatic N) is 1. The Balaban J connectivity index is 1.52. The summed E-state index contributed by atoms with van der Waals surface area (Å²) in [5.74, 6) is -0.131. The smallest absolute Gasteiger partial charge is 0.309 e. The maximum absolute atomic E-state index is 12.2. The number of nitrogens with one attached hydrogen (secondary N) is 1. The molecule has 3 rings (SSSR count). The van der Waals surface area contributed by atoms with Crippen molar-refractivity contribution in [2.45, 2.75) is 26.7 Å². The normalized spacial score (nSPS) is 12.4. The molecule has 10 nitrogen and oxygen atoms in total. The van der Waals surface area contributed by atoms with Gasteiger partial charge in [-0.15, -0.1) is 0 Å². The highest BCUT2D eigenvalue weighted by atomic mass is 16.6. The Kier molecular flexibility index (Phi) is 7.48. The molecule has 0 spiro atoms. The third kappa shape index (κ3) is 6.10. The van der Waals surface area contributed by atoms with Crippen LogP contribution in [0.25, 0.3) is 0 Å². The van der Waals surface area contributed by atoms with Crippen LogP contribution in [0.4, 0.5) is 11.4 Å². The van der Waals surface area contributed by atoms with Crippen molar-refractivity contribution in [1.82, 2.24) is 0 Å². The molecule has 0 radical (unpaired) electrons. The number of nitro groups is 1. The van der Waals surface area contributed by atoms with E-state index in [-0.39, 0.29) is 30.2 Å². The average molecular weight is 444 g/mol. The predicted octanol–water partition coefficient (Wildman–Crippen LogP) is 3.32. The summed E-state index contributed by atoms with van der Waals surface area (Å²) in [5.41, 5.74) is 1.56. The minimum absolute atomic E-state index is 0.0508. The Labute approximate surface area is 184 Å². The molecule has 10 heteroatoms. The van der Waals surface area contributed by atoms with E-state index in [9.17, 15) is 19.7 Å². The third-order valence-electron chi connectivity index (χ3n) is 4.61. The van der Waals surface area contributed by atoms with Gasteiger partial charge in [0.05, 0.1) is 37.2 Å². The Bertz CT molecular complexity index is 1020. The van der Waals surface area contributed by atoms with Crippen molar-refractivity contribution in [2.24, 2.45) is 0 Å². The van der Waals surface area contributed by atoms with E-state index in [1.165, 1.54) is 12.1 Å². The number of fused-ring (bicyclic) bond motifs is 1. The highest BCUT2D eigenvalue weighted by Gasteiger charge is 2.23. The summed E-state index contributed by atoms with van der Waals surface area (Å²) >= 11 is 0. The van der Waals surface area contributed by atoms with Crippen LogP contribution in [0, 0.1) is 24.0 Å². The summed E-state index contributed by atoms with van der Waals surface area (Å²) in [6, 6.07) is 8.29. The van der Waals surface area contributed by atoms with Crippen LogP contribution in [-0.2, 0) is 14.3 Å². The van der Waals surface area contributed by atoms with Gasteiger partial charge in [-0.25, -0.2) is 0 Å². The van der Waals surface area contributed by atoms with Crippen LogP contribution in [0.3, 0.4) is 0 Å². The molecule has 2 aromatic carbocycles. The van der Waals surface area contributed by atoms with E-state index < -0.39 is 23.4 Å². The topological polar surface area (TPSA) is 126 Å². The van der Waals surface area contributed by atoms with E-state index in [1.807, 2.05) is 32.0 Å². The standard InChI is InChI=1S/C22H24N2O8/c1-14-4-5-15(2)18(10-14)31-9-6-22(26)32-13-21(25)23-16-11-19-20(12-17(16)24(27)28)30-8-3-7-29-19/h4-5,10-12H,3,6-9,13H2,1-2H3,(H,23,25). The monoisotopic (exact) mass is 444 g/mol. The Hall–Kier alpha value is -3.82. The molecule has 1 heterocycles. The maximum Gasteiger partial charge on any atom is 0.309 e. The van der Waals surface area contributed by atoms with E-state index in [4.69, 9.17) is 18.9 Å². The number of nitro benzene ring substituents is 1. The van der Waals surface area contributed by atoms with Crippen molar-refractivity contribution in [3.05, 3.63) is 51.6 Å². The largest absolute Gasteiger partial charge is 0.493 e. The van der Waals surface area contributed by atoms with Crippen molar-refractivity contribution in [3.8, 4) is 17.2 Å². The number of rotatable bonds is 8. The number of hydrogen-bond acceptors (Lipinski definition) is 8. The van der Waals surface area contributed by atoms with Crippen LogP contribution < -0.4 is 19.5 Å². The number of benzene rings is 2. The van der Waals surface area contributed by atoms with E-state index in [0.717, 1.165) is 11.1 Å². The van der Waals surface area contributed by atoms with Crippen LogP contribution in [-0.4, -0.2) is 43.2 Å². The predicted molar refractivity (Wildman–Crippen MR) is 114 cm³/mol. The van der Waals surface area contributed by atoms with Crippen molar-refractivity contribution >= 4 is 23.3 Å². The zero-order valence-electron chi connectivity index (χ0n) is 17.8. The molecular formula is C22H24N2O8. The molecule has 0 saturated heterocycles. The van der Waals surface area contributed by atoms with E-state index in [1.54, 1.807) is 0 Å². The van der Waals surface area contributed by atoms with Crippen LogP contribution in [0.5, 0.6) is 17.2 Å². The van der Waals surface area contributed by atoms with Crippen molar-refractivity contribution in [2.75, 3.05) is 31.7 Å². The molecule has 1 aliphatic rings. The third-order valence-corrected chi connectivity index (χ3v) is 4.61. The van der Waals surface area contributed by atoms with Crippen molar-refractivity contribution < 1.29 is 33.5 Å². The minimum atomic E-state index is -0.716. The molecule has 0 aliphatic carbocycles. The van der Waals surface area contributed by atoms with Gasteiger partial charge in [-0.2, -0.15) is 0 Å². The van der Waals surface area contributed by atoms with Gasteiger partial charge in [0.2, 0.25) is 0 Å². The van der Waals surface area contributed by atoms with Gasteiger partial charge in [0.25, 0.3) is 11.6 Å². The number of anilines is 1. The molecule has 0 unspecified atom stereocenters. The molecular weight excluding hydrogens is 420 g/mol. The fourth-order valence-electron chi connectivity index (χ4n) is 2.96. The van der Waals surface area contributed by atoms with Crippen LogP contribution in [0.15, 0.2) is 30.3 Å². The van der Waals surface area contributed by atoms with Gasteiger partial charge in [0, 0.05) is 12.5 Å². The summed E-state index contributed by atoms with van der Waals surface area (Å²) in [7, 11) is 0. The zero-order chi connectivity index (χ0) is 23.1. The van der Waals surface area contributed by atoms with Gasteiger partial charge in [0.15, 0.2) is 18.1 Å². The lowest BCUT2D eigenvalue weighted by atomic mass is 10.1. The molecule has 32 heavy (non-hydrogen) atoms. The summed E-state index contributed by atoms with van der Waals surface area (Å²) < 4.78 is 21.5. The lowest BCUT2D eigenvalue weighted by Gasteiger charge is -2.12. The maximum atomic E-state index is 12.2. The first kappa shape index (κ1) is 22.9. The van der Waals surface area contributed by atoms with Crippen LogP contribution in [0.2, 0.25) is 0 Å². The Morgan fingerprint density at radius 2 is 1.84 bits per heavy atom. The molecule has 170 valence electrons. The molecule has 1 aliphatic heterocycles. The average Bonchev–Trinajstić information content (AvgIpc) is 2.99. The van der Waals surface area contributed by atoms with E-state index in [2.05, 4.69) is 5.32 Å². The number of ether oxygens (including phenoxy) is 4. The summed E-state index contributed by atoms with van der Waals surface area (Å²) in [6.07, 6.45) is 0.581. The molecule has 1 amide bonds. The molecule has 2 aromatic rings. The summed E-state index contributed by atoms with van der Waals surface area (Å²) in [6.45, 7) is 4.11. The Morgan fingerprint density at radius 1 is 1.12 bits per heavy atom. The second-order valence-electron chi connectivity index (χ2n) is 7.20. The fraction of sp³-hybridized carbons (Fsp3) is 0.364. The fourth-order valence-corrected chi connectivity index (χ4v) is 2.96. The second-order valence-corrected chi connectivity index (χ2v) is 7.20. The molecule has 0 aromatic heterocycles. The number of esters is 1.